The van der Waals surface area contributed by atoms with Crippen LogP contribution < -0.4 is 10.2 Å². The maximum absolute atomic E-state index is 12.9. The van der Waals surface area contributed by atoms with Crippen LogP contribution in [0.3, 0.4) is 0 Å². The van der Waals surface area contributed by atoms with Crippen LogP contribution in [-0.2, 0) is 0 Å². The van der Waals surface area contributed by atoms with Crippen LogP contribution in [0.5, 0.6) is 0 Å². The molecule has 0 saturated carbocycles. The van der Waals surface area contributed by atoms with Crippen molar-refractivity contribution in [3.63, 3.8) is 0 Å². The van der Waals surface area contributed by atoms with Gasteiger partial charge in [-0.05, 0) is 32.4 Å². The number of amides is 1. The van der Waals surface area contributed by atoms with Crippen molar-refractivity contribution in [2.24, 2.45) is 0 Å². The van der Waals surface area contributed by atoms with Crippen LogP contribution in [0.25, 0.3) is 0 Å². The van der Waals surface area contributed by atoms with Crippen LogP contribution in [0.15, 0.2) is 36.4 Å². The SMILES string of the molecule is CCCCCNc1cc(C(=O)N(CC)c2ccccc2)nc(C)n1. The number of para-hydroxylation sites is 1. The maximum Gasteiger partial charge on any atom is 0.277 e. The number of nitrogens with zero attached hydrogens (tertiary/aromatic N) is 3. The van der Waals surface area contributed by atoms with E-state index < -0.39 is 0 Å². The molecular formula is C19H26N4O. The number of carbonyl (C=O) groups excluding carboxylic acids is 1. The molecule has 128 valence electrons. The summed E-state index contributed by atoms with van der Waals surface area (Å²) >= 11 is 0. The van der Waals surface area contributed by atoms with Crippen molar-refractivity contribution in [2.75, 3.05) is 23.3 Å². The second-order valence-corrected chi connectivity index (χ2v) is 5.70. The van der Waals surface area contributed by atoms with Gasteiger partial charge in [0.15, 0.2) is 0 Å². The molecule has 24 heavy (non-hydrogen) atoms. The summed E-state index contributed by atoms with van der Waals surface area (Å²) in [6.45, 7) is 7.39. The molecule has 5 heteroatoms. The third kappa shape index (κ3) is 4.78. The lowest BCUT2D eigenvalue weighted by Crippen LogP contribution is -2.31. The van der Waals surface area contributed by atoms with Gasteiger partial charge in [-0.15, -0.1) is 0 Å². The van der Waals surface area contributed by atoms with E-state index in [2.05, 4.69) is 22.2 Å². The zero-order chi connectivity index (χ0) is 17.4. The number of aryl methyl sites for hydroxylation is 1. The van der Waals surface area contributed by atoms with E-state index in [0.29, 0.717) is 23.9 Å². The van der Waals surface area contributed by atoms with Gasteiger partial charge in [0, 0.05) is 24.8 Å². The van der Waals surface area contributed by atoms with Crippen LogP contribution in [0.2, 0.25) is 0 Å². The lowest BCUT2D eigenvalue weighted by molar-refractivity contribution is 0.0983. The largest absolute Gasteiger partial charge is 0.370 e. The zero-order valence-corrected chi connectivity index (χ0v) is 14.7. The van der Waals surface area contributed by atoms with Crippen LogP contribution in [0.4, 0.5) is 11.5 Å². The van der Waals surface area contributed by atoms with Gasteiger partial charge in [0.25, 0.3) is 5.91 Å². The van der Waals surface area contributed by atoms with E-state index >= 15 is 0 Å². The van der Waals surface area contributed by atoms with E-state index in [1.165, 1.54) is 12.8 Å². The first kappa shape index (κ1) is 17.9. The maximum atomic E-state index is 12.9. The summed E-state index contributed by atoms with van der Waals surface area (Å²) in [4.78, 5) is 23.3. The highest BCUT2D eigenvalue weighted by Gasteiger charge is 2.18. The molecule has 0 radical (unpaired) electrons. The number of hydrogen-bond acceptors (Lipinski definition) is 4. The number of anilines is 2. The number of hydrogen-bond donors (Lipinski definition) is 1. The molecule has 0 saturated heterocycles. The average Bonchev–Trinajstić information content (AvgIpc) is 2.60. The Morgan fingerprint density at radius 2 is 1.88 bits per heavy atom. The van der Waals surface area contributed by atoms with Crippen molar-refractivity contribution in [1.29, 1.82) is 0 Å². The predicted molar refractivity (Wildman–Crippen MR) is 98.6 cm³/mol. The Hall–Kier alpha value is -2.43. The molecule has 0 unspecified atom stereocenters. The van der Waals surface area contributed by atoms with Gasteiger partial charge < -0.3 is 10.2 Å². The van der Waals surface area contributed by atoms with E-state index in [-0.39, 0.29) is 5.91 Å². The molecule has 0 fully saturated rings. The molecule has 1 heterocycles. The van der Waals surface area contributed by atoms with Crippen LogP contribution in [0.1, 0.15) is 49.4 Å². The minimum atomic E-state index is -0.106. The van der Waals surface area contributed by atoms with Gasteiger partial charge in [0.05, 0.1) is 0 Å². The van der Waals surface area contributed by atoms with Crippen molar-refractivity contribution >= 4 is 17.4 Å². The van der Waals surface area contributed by atoms with E-state index in [0.717, 1.165) is 18.7 Å². The van der Waals surface area contributed by atoms with Gasteiger partial charge in [-0.1, -0.05) is 38.0 Å². The molecule has 1 N–H and O–H groups in total. The Morgan fingerprint density at radius 3 is 2.54 bits per heavy atom. The van der Waals surface area contributed by atoms with Crippen molar-refractivity contribution in [1.82, 2.24) is 9.97 Å². The lowest BCUT2D eigenvalue weighted by Gasteiger charge is -2.21. The number of nitrogens with one attached hydrogen (secondary N) is 1. The van der Waals surface area contributed by atoms with Crippen LogP contribution >= 0.6 is 0 Å². The Labute approximate surface area is 144 Å². The highest BCUT2D eigenvalue weighted by Crippen LogP contribution is 2.17. The molecule has 0 spiro atoms. The molecule has 0 aliphatic heterocycles. The molecule has 0 aliphatic carbocycles. The van der Waals surface area contributed by atoms with Gasteiger partial charge in [-0.3, -0.25) is 4.79 Å². The highest BCUT2D eigenvalue weighted by atomic mass is 16.2. The zero-order valence-electron chi connectivity index (χ0n) is 14.7. The number of unbranched alkanes of at least 4 members (excludes halogenated alkanes) is 2. The van der Waals surface area contributed by atoms with Gasteiger partial charge in [0.2, 0.25) is 0 Å². The topological polar surface area (TPSA) is 58.1 Å². The van der Waals surface area contributed by atoms with Gasteiger partial charge in [-0.2, -0.15) is 0 Å². The fraction of sp³-hybridized carbons (Fsp3) is 0.421. The molecule has 0 aliphatic rings. The van der Waals surface area contributed by atoms with E-state index in [1.807, 2.05) is 44.2 Å². The fourth-order valence-electron chi connectivity index (χ4n) is 2.55. The Bertz CT molecular complexity index is 658. The van der Waals surface area contributed by atoms with Crippen molar-refractivity contribution in [2.45, 2.75) is 40.0 Å². The van der Waals surface area contributed by atoms with E-state index in [4.69, 9.17) is 0 Å². The quantitative estimate of drug-likeness (QED) is 0.743. The standard InChI is InChI=1S/C19H26N4O/c1-4-6-10-13-20-18-14-17(21-15(3)22-18)19(24)23(5-2)16-11-8-7-9-12-16/h7-9,11-12,14H,4-6,10,13H2,1-3H3,(H,20,21,22). The van der Waals surface area contributed by atoms with Crippen molar-refractivity contribution in [3.05, 3.63) is 47.9 Å². The normalized spacial score (nSPS) is 10.5. The summed E-state index contributed by atoms with van der Waals surface area (Å²) in [5.41, 5.74) is 1.30. The summed E-state index contributed by atoms with van der Waals surface area (Å²) in [7, 11) is 0. The van der Waals surface area contributed by atoms with Crippen LogP contribution in [0, 0.1) is 6.92 Å². The Kier molecular flexibility index (Phi) is 6.73. The number of carbonyl (C=O) groups is 1. The molecule has 1 amide bonds. The Balaban J connectivity index is 2.17. The molecule has 1 aromatic carbocycles. The third-order valence-corrected chi connectivity index (χ3v) is 3.77. The number of rotatable bonds is 8. The van der Waals surface area contributed by atoms with Crippen molar-refractivity contribution in [3.8, 4) is 0 Å². The minimum absolute atomic E-state index is 0.106. The Morgan fingerprint density at radius 1 is 1.12 bits per heavy atom. The first-order valence-corrected chi connectivity index (χ1v) is 8.62. The monoisotopic (exact) mass is 326 g/mol. The van der Waals surface area contributed by atoms with Gasteiger partial charge >= 0.3 is 0 Å². The van der Waals surface area contributed by atoms with Crippen LogP contribution in [-0.4, -0.2) is 29.0 Å². The third-order valence-electron chi connectivity index (χ3n) is 3.77. The minimum Gasteiger partial charge on any atom is -0.370 e. The summed E-state index contributed by atoms with van der Waals surface area (Å²) in [6.07, 6.45) is 3.45. The first-order chi connectivity index (χ1) is 11.7. The average molecular weight is 326 g/mol. The lowest BCUT2D eigenvalue weighted by atomic mass is 10.2. The molecule has 2 aromatic rings. The summed E-state index contributed by atoms with van der Waals surface area (Å²) in [5.74, 6) is 1.21. The number of aromatic nitrogens is 2. The first-order valence-electron chi connectivity index (χ1n) is 8.62. The molecule has 2 rings (SSSR count). The summed E-state index contributed by atoms with van der Waals surface area (Å²) < 4.78 is 0. The van der Waals surface area contributed by atoms with Crippen molar-refractivity contribution < 1.29 is 4.79 Å². The van der Waals surface area contributed by atoms with E-state index in [9.17, 15) is 4.79 Å². The second-order valence-electron chi connectivity index (χ2n) is 5.70. The predicted octanol–water partition coefficient (Wildman–Crippen LogP) is 4.05. The van der Waals surface area contributed by atoms with E-state index in [1.54, 1.807) is 11.0 Å². The number of benzene rings is 1. The smallest absolute Gasteiger partial charge is 0.277 e. The molecule has 0 atom stereocenters. The summed E-state index contributed by atoms with van der Waals surface area (Å²) in [6, 6.07) is 11.4. The fourth-order valence-corrected chi connectivity index (χ4v) is 2.55. The molecule has 0 bridgehead atoms. The molecule has 5 nitrogen and oxygen atoms in total. The summed E-state index contributed by atoms with van der Waals surface area (Å²) in [5, 5.41) is 3.29. The second kappa shape index (κ2) is 9.01. The van der Waals surface area contributed by atoms with Gasteiger partial charge in [-0.25, -0.2) is 9.97 Å². The molecular weight excluding hydrogens is 300 g/mol. The van der Waals surface area contributed by atoms with Gasteiger partial charge in [0.1, 0.15) is 17.3 Å². The highest BCUT2D eigenvalue weighted by molar-refractivity contribution is 6.05. The molecule has 1 aromatic heterocycles.